The first-order valence-corrected chi connectivity index (χ1v) is 21.6. The summed E-state index contributed by atoms with van der Waals surface area (Å²) >= 11 is 0. The van der Waals surface area contributed by atoms with Crippen molar-refractivity contribution < 1.29 is 32.8 Å². The lowest BCUT2D eigenvalue weighted by Gasteiger charge is -2.20. The number of esters is 1. The summed E-state index contributed by atoms with van der Waals surface area (Å²) in [7, 11) is -4.29. The van der Waals surface area contributed by atoms with E-state index >= 15 is 0 Å². The molecule has 0 aliphatic heterocycles. The van der Waals surface area contributed by atoms with E-state index in [0.717, 1.165) is 38.5 Å². The number of ether oxygens (including phenoxy) is 2. The van der Waals surface area contributed by atoms with Crippen LogP contribution in [0.4, 0.5) is 0 Å². The van der Waals surface area contributed by atoms with Gasteiger partial charge in [-0.15, -0.1) is 0 Å². The Hall–Kier alpha value is -1.54. The summed E-state index contributed by atoms with van der Waals surface area (Å²) in [5.41, 5.74) is 5.35. The Bertz CT molecular complexity index is 905. The molecule has 0 saturated heterocycles. The van der Waals surface area contributed by atoms with Gasteiger partial charge in [-0.2, -0.15) is 0 Å². The number of unbranched alkanes of at least 4 members (excludes halogenated alkanes) is 17. The number of hydrogen-bond acceptors (Lipinski definition) is 7. The van der Waals surface area contributed by atoms with Gasteiger partial charge < -0.3 is 20.1 Å². The molecular weight excluding hydrogens is 649 g/mol. The zero-order chi connectivity index (χ0) is 36.6. The third kappa shape index (κ3) is 37.7. The van der Waals surface area contributed by atoms with Crippen LogP contribution in [0.1, 0.15) is 168 Å². The maximum atomic E-state index is 12.5. The second-order valence-electron chi connectivity index (χ2n) is 13.1. The van der Waals surface area contributed by atoms with E-state index in [1.807, 2.05) is 0 Å². The molecule has 0 amide bonds. The van der Waals surface area contributed by atoms with Crippen LogP contribution < -0.4 is 5.73 Å². The quantitative estimate of drug-likeness (QED) is 0.0279. The second kappa shape index (κ2) is 38.7. The van der Waals surface area contributed by atoms with Gasteiger partial charge >= 0.3 is 13.8 Å². The number of nitrogens with two attached hydrogens (primary N) is 1. The SMILES string of the molecule is CCCCCC=CCC=CCC=CCC=CCCCC(=O)OC(COCCCCCCCCCCCCCCCC)COP(=O)(O)OCCN. The molecule has 2 unspecified atom stereocenters. The average Bonchev–Trinajstić information content (AvgIpc) is 3.10. The van der Waals surface area contributed by atoms with Crippen molar-refractivity contribution in [2.75, 3.05) is 33.0 Å². The molecule has 292 valence electrons. The predicted octanol–water partition coefficient (Wildman–Crippen LogP) is 11.6. The Balaban J connectivity index is 4.17. The monoisotopic (exact) mass is 726 g/mol. The molecule has 50 heavy (non-hydrogen) atoms. The zero-order valence-electron chi connectivity index (χ0n) is 32.1. The third-order valence-corrected chi connectivity index (χ3v) is 9.23. The molecule has 0 rings (SSSR count). The van der Waals surface area contributed by atoms with Crippen molar-refractivity contribution >= 4 is 13.8 Å². The van der Waals surface area contributed by atoms with Crippen LogP contribution in [-0.2, 0) is 27.9 Å². The van der Waals surface area contributed by atoms with Gasteiger partial charge in [0.1, 0.15) is 6.10 Å². The Morgan fingerprint density at radius 2 is 1.06 bits per heavy atom. The van der Waals surface area contributed by atoms with Crippen molar-refractivity contribution in [3.8, 4) is 0 Å². The lowest BCUT2D eigenvalue weighted by molar-refractivity contribution is -0.154. The summed E-state index contributed by atoms with van der Waals surface area (Å²) in [4.78, 5) is 22.4. The van der Waals surface area contributed by atoms with Gasteiger partial charge in [0.25, 0.3) is 0 Å². The van der Waals surface area contributed by atoms with Crippen LogP contribution in [0.25, 0.3) is 0 Å². The summed E-state index contributed by atoms with van der Waals surface area (Å²) in [6.45, 7) is 4.82. The predicted molar refractivity (Wildman–Crippen MR) is 210 cm³/mol. The van der Waals surface area contributed by atoms with Gasteiger partial charge in [-0.3, -0.25) is 13.8 Å². The van der Waals surface area contributed by atoms with E-state index in [9.17, 15) is 14.3 Å². The number of hydrogen-bond donors (Lipinski definition) is 2. The molecule has 2 atom stereocenters. The molecule has 0 radical (unpaired) electrons. The number of phosphoric acid groups is 1. The Morgan fingerprint density at radius 1 is 0.600 bits per heavy atom. The molecule has 8 nitrogen and oxygen atoms in total. The third-order valence-electron chi connectivity index (χ3n) is 8.25. The van der Waals surface area contributed by atoms with Crippen molar-refractivity contribution in [2.24, 2.45) is 5.73 Å². The van der Waals surface area contributed by atoms with E-state index < -0.39 is 13.9 Å². The molecule has 9 heteroatoms. The summed E-state index contributed by atoms with van der Waals surface area (Å²) in [5.74, 6) is -0.384. The largest absolute Gasteiger partial charge is 0.472 e. The van der Waals surface area contributed by atoms with Crippen LogP contribution in [-0.4, -0.2) is 49.9 Å². The highest BCUT2D eigenvalue weighted by Gasteiger charge is 2.25. The molecule has 0 saturated carbocycles. The van der Waals surface area contributed by atoms with Gasteiger partial charge in [-0.25, -0.2) is 4.57 Å². The molecule has 0 aromatic carbocycles. The maximum absolute atomic E-state index is 12.5. The smallest absolute Gasteiger partial charge is 0.457 e. The van der Waals surface area contributed by atoms with Crippen molar-refractivity contribution in [2.45, 2.75) is 174 Å². The normalized spacial score (nSPS) is 14.1. The van der Waals surface area contributed by atoms with Crippen LogP contribution >= 0.6 is 7.82 Å². The standard InChI is InChI=1S/C41H76NO7P/c1-3-5-7-9-11-13-15-17-19-20-21-22-24-26-28-30-32-34-41(43)49-40(39-48-50(44,45)47-37-35-42)38-46-36-33-31-29-27-25-23-18-16-14-12-10-8-6-4-2/h11,13,17,19,21-22,26,28,40H,3-10,12,14-16,18,20,23-25,27,29-39,42H2,1-2H3,(H,44,45). The fraction of sp³-hybridized carbons (Fsp3) is 0.780. The van der Waals surface area contributed by atoms with E-state index in [0.29, 0.717) is 13.0 Å². The van der Waals surface area contributed by atoms with E-state index in [4.69, 9.17) is 24.3 Å². The van der Waals surface area contributed by atoms with Gasteiger partial charge in [0.2, 0.25) is 0 Å². The second-order valence-corrected chi connectivity index (χ2v) is 14.6. The first-order chi connectivity index (χ1) is 24.4. The molecule has 0 aliphatic rings. The van der Waals surface area contributed by atoms with Crippen LogP contribution in [0.15, 0.2) is 48.6 Å². The lowest BCUT2D eigenvalue weighted by atomic mass is 10.0. The molecule has 3 N–H and O–H groups in total. The number of rotatable bonds is 38. The summed E-state index contributed by atoms with van der Waals surface area (Å²) in [5, 5.41) is 0. The molecule has 0 spiro atoms. The van der Waals surface area contributed by atoms with Crippen LogP contribution in [0.2, 0.25) is 0 Å². The van der Waals surface area contributed by atoms with Crippen molar-refractivity contribution in [3.63, 3.8) is 0 Å². The Morgan fingerprint density at radius 3 is 1.58 bits per heavy atom. The number of allylic oxidation sites excluding steroid dienone is 8. The summed E-state index contributed by atoms with van der Waals surface area (Å²) in [6, 6.07) is 0. The maximum Gasteiger partial charge on any atom is 0.472 e. The molecule has 0 heterocycles. The number of phosphoric ester groups is 1. The Labute approximate surface area is 307 Å². The van der Waals surface area contributed by atoms with E-state index in [1.54, 1.807) is 0 Å². The van der Waals surface area contributed by atoms with Crippen molar-refractivity contribution in [1.29, 1.82) is 0 Å². The van der Waals surface area contributed by atoms with E-state index in [1.165, 1.54) is 103 Å². The fourth-order valence-electron chi connectivity index (χ4n) is 5.28. The first-order valence-electron chi connectivity index (χ1n) is 20.1. The summed E-state index contributed by atoms with van der Waals surface area (Å²) < 4.78 is 33.3. The van der Waals surface area contributed by atoms with Crippen molar-refractivity contribution in [3.05, 3.63) is 48.6 Å². The van der Waals surface area contributed by atoms with Crippen LogP contribution in [0.5, 0.6) is 0 Å². The van der Waals surface area contributed by atoms with Gasteiger partial charge in [0.05, 0.1) is 19.8 Å². The van der Waals surface area contributed by atoms with Crippen LogP contribution in [0.3, 0.4) is 0 Å². The van der Waals surface area contributed by atoms with Gasteiger partial charge in [0.15, 0.2) is 0 Å². The van der Waals surface area contributed by atoms with E-state index in [-0.39, 0.29) is 38.8 Å². The average molecular weight is 726 g/mol. The van der Waals surface area contributed by atoms with Gasteiger partial charge in [-0.1, -0.05) is 159 Å². The topological polar surface area (TPSA) is 117 Å². The Kier molecular flexibility index (Phi) is 37.5. The van der Waals surface area contributed by atoms with Gasteiger partial charge in [0, 0.05) is 19.6 Å². The highest BCUT2D eigenvalue weighted by Crippen LogP contribution is 2.43. The highest BCUT2D eigenvalue weighted by atomic mass is 31.2. The van der Waals surface area contributed by atoms with Crippen LogP contribution in [0, 0.1) is 0 Å². The minimum absolute atomic E-state index is 0.0913. The molecule has 0 fully saturated rings. The highest BCUT2D eigenvalue weighted by molar-refractivity contribution is 7.47. The zero-order valence-corrected chi connectivity index (χ0v) is 33.0. The number of carbonyl (C=O) groups is 1. The molecule has 0 aromatic rings. The molecule has 0 bridgehead atoms. The minimum atomic E-state index is -4.29. The molecule has 0 aliphatic carbocycles. The molecular formula is C41H76NO7P. The van der Waals surface area contributed by atoms with Crippen molar-refractivity contribution in [1.82, 2.24) is 0 Å². The van der Waals surface area contributed by atoms with E-state index in [2.05, 4.69) is 62.5 Å². The summed E-state index contributed by atoms with van der Waals surface area (Å²) in [6.07, 6.45) is 44.1. The minimum Gasteiger partial charge on any atom is -0.457 e. The number of carbonyl (C=O) groups excluding carboxylic acids is 1. The molecule has 0 aromatic heterocycles. The van der Waals surface area contributed by atoms with Gasteiger partial charge in [-0.05, 0) is 51.4 Å². The lowest BCUT2D eigenvalue weighted by Crippen LogP contribution is -2.28. The fourth-order valence-corrected chi connectivity index (χ4v) is 6.05. The first kappa shape index (κ1) is 48.5.